The minimum Gasteiger partial charge on any atom is -0.491 e. The summed E-state index contributed by atoms with van der Waals surface area (Å²) in [6.45, 7) is 4.41. The maximum Gasteiger partial charge on any atom is 0.173 e. The van der Waals surface area contributed by atoms with Crippen molar-refractivity contribution >= 4 is 5.84 Å². The van der Waals surface area contributed by atoms with Crippen molar-refractivity contribution < 1.29 is 14.7 Å². The fourth-order valence-electron chi connectivity index (χ4n) is 1.27. The first-order chi connectivity index (χ1) is 8.50. The zero-order chi connectivity index (χ0) is 13.6. The highest BCUT2D eigenvalue weighted by molar-refractivity contribution is 5.99. The number of rotatable bonds is 6. The Morgan fingerprint density at radius 3 is 2.89 bits per heavy atom. The maximum absolute atomic E-state index is 8.67. The summed E-state index contributed by atoms with van der Waals surface area (Å²) < 4.78 is 10.9. The third-order valence-corrected chi connectivity index (χ3v) is 2.68. The van der Waals surface area contributed by atoms with Crippen LogP contribution in [0.1, 0.15) is 25.8 Å². The van der Waals surface area contributed by atoms with Gasteiger partial charge in [0.25, 0.3) is 0 Å². The van der Waals surface area contributed by atoms with Crippen molar-refractivity contribution in [1.29, 1.82) is 0 Å². The smallest absolute Gasteiger partial charge is 0.173 e. The van der Waals surface area contributed by atoms with E-state index in [-0.39, 0.29) is 11.4 Å². The topological polar surface area (TPSA) is 90.0 Å². The molecule has 6 heteroatoms. The van der Waals surface area contributed by atoms with Crippen LogP contribution in [0.5, 0.6) is 5.75 Å². The van der Waals surface area contributed by atoms with Gasteiger partial charge in [0, 0.05) is 19.7 Å². The van der Waals surface area contributed by atoms with E-state index in [1.54, 1.807) is 19.4 Å². The number of hydrogen-bond donors (Lipinski definition) is 2. The standard InChI is InChI=1S/C12H19N3O3/c1-12(2,17-3)5-7-18-10-8-14-6-4-9(10)11(13)15-16/h4,6,8,16H,5,7H2,1-3H3,(H2,13,15). The second kappa shape index (κ2) is 6.20. The minimum absolute atomic E-state index is 0.00148. The average Bonchev–Trinajstić information content (AvgIpc) is 2.38. The molecule has 1 heterocycles. The van der Waals surface area contributed by atoms with Gasteiger partial charge in [-0.2, -0.15) is 0 Å². The molecule has 0 radical (unpaired) electrons. The molecule has 1 aromatic heterocycles. The van der Waals surface area contributed by atoms with Crippen LogP contribution in [0.4, 0.5) is 0 Å². The Morgan fingerprint density at radius 1 is 1.56 bits per heavy atom. The van der Waals surface area contributed by atoms with Gasteiger partial charge in [-0.3, -0.25) is 4.98 Å². The molecule has 0 saturated carbocycles. The van der Waals surface area contributed by atoms with Gasteiger partial charge in [-0.05, 0) is 19.9 Å². The molecule has 0 amide bonds. The largest absolute Gasteiger partial charge is 0.491 e. The highest BCUT2D eigenvalue weighted by Gasteiger charge is 2.17. The number of hydrogen-bond acceptors (Lipinski definition) is 5. The Bertz CT molecular complexity index is 419. The molecule has 6 nitrogen and oxygen atoms in total. The zero-order valence-corrected chi connectivity index (χ0v) is 10.9. The number of pyridine rings is 1. The fraction of sp³-hybridized carbons (Fsp3) is 0.500. The van der Waals surface area contributed by atoms with Crippen LogP contribution in [0.25, 0.3) is 0 Å². The number of amidine groups is 1. The molecule has 0 aliphatic heterocycles. The van der Waals surface area contributed by atoms with Crippen LogP contribution in [0.3, 0.4) is 0 Å². The molecule has 0 aliphatic rings. The Labute approximate surface area is 106 Å². The predicted molar refractivity (Wildman–Crippen MR) is 67.9 cm³/mol. The molecule has 0 aliphatic carbocycles. The summed E-state index contributed by atoms with van der Waals surface area (Å²) in [5.41, 5.74) is 5.81. The van der Waals surface area contributed by atoms with Gasteiger partial charge < -0.3 is 20.4 Å². The number of ether oxygens (including phenoxy) is 2. The summed E-state index contributed by atoms with van der Waals surface area (Å²) in [6, 6.07) is 1.63. The van der Waals surface area contributed by atoms with Crippen LogP contribution in [0, 0.1) is 0 Å². The van der Waals surface area contributed by atoms with Crippen LogP contribution in [-0.4, -0.2) is 35.3 Å². The molecule has 0 aromatic carbocycles. The quantitative estimate of drug-likeness (QED) is 0.346. The van der Waals surface area contributed by atoms with Crippen molar-refractivity contribution in [3.8, 4) is 5.75 Å². The Morgan fingerprint density at radius 2 is 2.28 bits per heavy atom. The van der Waals surface area contributed by atoms with Crippen LogP contribution in [-0.2, 0) is 4.74 Å². The van der Waals surface area contributed by atoms with Gasteiger partial charge >= 0.3 is 0 Å². The first-order valence-corrected chi connectivity index (χ1v) is 5.60. The van der Waals surface area contributed by atoms with Gasteiger partial charge in [-0.25, -0.2) is 0 Å². The highest BCUT2D eigenvalue weighted by Crippen LogP contribution is 2.18. The molecule has 0 atom stereocenters. The molecule has 0 spiro atoms. The Balaban J connectivity index is 2.68. The number of nitrogens with two attached hydrogens (primary N) is 1. The van der Waals surface area contributed by atoms with E-state index in [0.717, 1.165) is 0 Å². The second-order valence-corrected chi connectivity index (χ2v) is 4.42. The van der Waals surface area contributed by atoms with Crippen molar-refractivity contribution in [3.05, 3.63) is 24.0 Å². The van der Waals surface area contributed by atoms with Crippen LogP contribution < -0.4 is 10.5 Å². The molecule has 0 bridgehead atoms. The molecule has 3 N–H and O–H groups in total. The third-order valence-electron chi connectivity index (χ3n) is 2.68. The summed E-state index contributed by atoms with van der Waals surface area (Å²) in [6.07, 6.45) is 3.81. The first-order valence-electron chi connectivity index (χ1n) is 5.60. The van der Waals surface area contributed by atoms with Crippen molar-refractivity contribution in [2.24, 2.45) is 10.9 Å². The van der Waals surface area contributed by atoms with E-state index in [1.165, 1.54) is 6.20 Å². The lowest BCUT2D eigenvalue weighted by atomic mass is 10.1. The van der Waals surface area contributed by atoms with Gasteiger partial charge in [0.2, 0.25) is 0 Å². The first kappa shape index (κ1) is 14.2. The third kappa shape index (κ3) is 3.89. The lowest BCUT2D eigenvalue weighted by Crippen LogP contribution is -2.25. The van der Waals surface area contributed by atoms with E-state index in [9.17, 15) is 0 Å². The molecular weight excluding hydrogens is 234 g/mol. The molecule has 0 unspecified atom stereocenters. The van der Waals surface area contributed by atoms with Crippen molar-refractivity contribution in [1.82, 2.24) is 4.98 Å². The lowest BCUT2D eigenvalue weighted by Gasteiger charge is -2.22. The number of methoxy groups -OCH3 is 1. The second-order valence-electron chi connectivity index (χ2n) is 4.42. The number of aromatic nitrogens is 1. The summed E-state index contributed by atoms with van der Waals surface area (Å²) in [5.74, 6) is 0.484. The van der Waals surface area contributed by atoms with E-state index in [4.69, 9.17) is 20.4 Å². The number of oxime groups is 1. The SMILES string of the molecule is COC(C)(C)CCOc1cnccc1/C(N)=N/O. The monoisotopic (exact) mass is 253 g/mol. The summed E-state index contributed by atoms with van der Waals surface area (Å²) in [7, 11) is 1.66. The molecule has 100 valence electrons. The summed E-state index contributed by atoms with van der Waals surface area (Å²) >= 11 is 0. The van der Waals surface area contributed by atoms with Gasteiger partial charge in [0.15, 0.2) is 5.84 Å². The van der Waals surface area contributed by atoms with Gasteiger partial charge in [-0.1, -0.05) is 5.16 Å². The molecule has 1 aromatic rings. The molecule has 18 heavy (non-hydrogen) atoms. The molecule has 1 rings (SSSR count). The predicted octanol–water partition coefficient (Wildman–Crippen LogP) is 1.37. The zero-order valence-electron chi connectivity index (χ0n) is 10.9. The Hall–Kier alpha value is -1.82. The van der Waals surface area contributed by atoms with Crippen molar-refractivity contribution in [2.75, 3.05) is 13.7 Å². The molecule has 0 fully saturated rings. The van der Waals surface area contributed by atoms with E-state index in [1.807, 2.05) is 13.8 Å². The highest BCUT2D eigenvalue weighted by atomic mass is 16.5. The maximum atomic E-state index is 8.67. The summed E-state index contributed by atoms with van der Waals surface area (Å²) in [4.78, 5) is 3.95. The molecule has 0 saturated heterocycles. The van der Waals surface area contributed by atoms with Gasteiger partial charge in [0.05, 0.1) is 24.0 Å². The van der Waals surface area contributed by atoms with Gasteiger partial charge in [0.1, 0.15) is 5.75 Å². The normalized spacial score (nSPS) is 12.5. The van der Waals surface area contributed by atoms with E-state index in [0.29, 0.717) is 24.3 Å². The van der Waals surface area contributed by atoms with E-state index in [2.05, 4.69) is 10.1 Å². The fourth-order valence-corrected chi connectivity index (χ4v) is 1.27. The van der Waals surface area contributed by atoms with Crippen LogP contribution in [0.15, 0.2) is 23.6 Å². The molecular formula is C12H19N3O3. The van der Waals surface area contributed by atoms with Crippen LogP contribution in [0.2, 0.25) is 0 Å². The summed E-state index contributed by atoms with van der Waals surface area (Å²) in [5, 5.41) is 11.6. The average molecular weight is 253 g/mol. The van der Waals surface area contributed by atoms with E-state index >= 15 is 0 Å². The lowest BCUT2D eigenvalue weighted by molar-refractivity contribution is 0.00541. The minimum atomic E-state index is -0.251. The van der Waals surface area contributed by atoms with Gasteiger partial charge in [-0.15, -0.1) is 0 Å². The van der Waals surface area contributed by atoms with E-state index < -0.39 is 0 Å². The number of nitrogens with zero attached hydrogens (tertiary/aromatic N) is 2. The van der Waals surface area contributed by atoms with Crippen LogP contribution >= 0.6 is 0 Å². The van der Waals surface area contributed by atoms with Crippen molar-refractivity contribution in [2.45, 2.75) is 25.9 Å². The Kier molecular flexibility index (Phi) is 4.91. The van der Waals surface area contributed by atoms with Crippen molar-refractivity contribution in [3.63, 3.8) is 0 Å².